The van der Waals surface area contributed by atoms with Gasteiger partial charge in [0.15, 0.2) is 0 Å². The number of nitrogens with zero attached hydrogens (tertiary/aromatic N) is 1. The molecule has 1 unspecified atom stereocenters. The second-order valence-corrected chi connectivity index (χ2v) is 5.38. The Morgan fingerprint density at radius 3 is 2.13 bits per heavy atom. The number of hydrogen-bond acceptors (Lipinski definition) is 3. The van der Waals surface area contributed by atoms with Crippen LogP contribution < -0.4 is 5.73 Å². The molecule has 0 aromatic heterocycles. The third-order valence-corrected chi connectivity index (χ3v) is 2.80. The SMILES string of the molecule is CCN(CC(CN)C(C)C)CC(C)(C)O. The van der Waals surface area contributed by atoms with Crippen LogP contribution in [0.1, 0.15) is 34.6 Å². The van der Waals surface area contributed by atoms with Crippen molar-refractivity contribution in [1.29, 1.82) is 0 Å². The van der Waals surface area contributed by atoms with Gasteiger partial charge in [0.05, 0.1) is 5.60 Å². The maximum Gasteiger partial charge on any atom is 0.0718 e. The third-order valence-electron chi connectivity index (χ3n) is 2.80. The molecule has 0 aliphatic carbocycles. The van der Waals surface area contributed by atoms with Gasteiger partial charge in [-0.25, -0.2) is 0 Å². The summed E-state index contributed by atoms with van der Waals surface area (Å²) in [7, 11) is 0. The van der Waals surface area contributed by atoms with E-state index in [1.54, 1.807) is 0 Å². The van der Waals surface area contributed by atoms with Crippen LogP contribution in [0.15, 0.2) is 0 Å². The Morgan fingerprint density at radius 1 is 1.33 bits per heavy atom. The lowest BCUT2D eigenvalue weighted by Gasteiger charge is -2.32. The minimum Gasteiger partial charge on any atom is -0.389 e. The molecule has 0 bridgehead atoms. The summed E-state index contributed by atoms with van der Waals surface area (Å²) in [5.74, 6) is 1.12. The fourth-order valence-electron chi connectivity index (χ4n) is 1.74. The van der Waals surface area contributed by atoms with Crippen molar-refractivity contribution in [1.82, 2.24) is 4.90 Å². The maximum absolute atomic E-state index is 9.77. The van der Waals surface area contributed by atoms with E-state index in [9.17, 15) is 5.11 Å². The molecular formula is C12H28N2O. The lowest BCUT2D eigenvalue weighted by Crippen LogP contribution is -2.43. The summed E-state index contributed by atoms with van der Waals surface area (Å²) in [4.78, 5) is 2.28. The molecule has 0 aromatic carbocycles. The molecule has 15 heavy (non-hydrogen) atoms. The van der Waals surface area contributed by atoms with Crippen molar-refractivity contribution in [3.05, 3.63) is 0 Å². The van der Waals surface area contributed by atoms with E-state index in [4.69, 9.17) is 5.73 Å². The molecule has 3 N–H and O–H groups in total. The molecule has 0 heterocycles. The molecule has 1 atom stereocenters. The van der Waals surface area contributed by atoms with Gasteiger partial charge in [-0.05, 0) is 38.8 Å². The molecule has 0 saturated carbocycles. The Kier molecular flexibility index (Phi) is 6.41. The molecule has 0 amide bonds. The summed E-state index contributed by atoms with van der Waals surface area (Å²) in [5.41, 5.74) is 5.13. The van der Waals surface area contributed by atoms with Crippen LogP contribution in [0.2, 0.25) is 0 Å². The van der Waals surface area contributed by atoms with Gasteiger partial charge in [-0.3, -0.25) is 0 Å². The van der Waals surface area contributed by atoms with Crippen LogP contribution in [0.5, 0.6) is 0 Å². The van der Waals surface area contributed by atoms with Crippen LogP contribution >= 0.6 is 0 Å². The quantitative estimate of drug-likeness (QED) is 0.674. The van der Waals surface area contributed by atoms with Crippen LogP contribution in [0.3, 0.4) is 0 Å². The predicted molar refractivity (Wildman–Crippen MR) is 65.8 cm³/mol. The van der Waals surface area contributed by atoms with E-state index in [0.717, 1.165) is 19.6 Å². The number of likely N-dealkylation sites (N-methyl/N-ethyl adjacent to an activating group) is 1. The zero-order chi connectivity index (χ0) is 12.1. The fourth-order valence-corrected chi connectivity index (χ4v) is 1.74. The topological polar surface area (TPSA) is 49.5 Å². The molecule has 0 saturated heterocycles. The summed E-state index contributed by atoms with van der Waals surface area (Å²) in [5, 5.41) is 9.77. The highest BCUT2D eigenvalue weighted by atomic mass is 16.3. The molecule has 0 spiro atoms. The van der Waals surface area contributed by atoms with Crippen molar-refractivity contribution in [2.45, 2.75) is 40.2 Å². The van der Waals surface area contributed by atoms with Crippen LogP contribution in [0.4, 0.5) is 0 Å². The third kappa shape index (κ3) is 6.88. The van der Waals surface area contributed by atoms with E-state index >= 15 is 0 Å². The molecule has 0 fully saturated rings. The number of nitrogens with two attached hydrogens (primary N) is 1. The predicted octanol–water partition coefficient (Wildman–Crippen LogP) is 1.31. The summed E-state index contributed by atoms with van der Waals surface area (Å²) in [6, 6.07) is 0. The van der Waals surface area contributed by atoms with Crippen LogP contribution in [0, 0.1) is 11.8 Å². The first kappa shape index (κ1) is 14.9. The van der Waals surface area contributed by atoms with Crippen molar-refractivity contribution in [3.63, 3.8) is 0 Å². The van der Waals surface area contributed by atoms with E-state index in [-0.39, 0.29) is 0 Å². The summed E-state index contributed by atoms with van der Waals surface area (Å²) < 4.78 is 0. The molecule has 92 valence electrons. The highest BCUT2D eigenvalue weighted by Gasteiger charge is 2.21. The van der Waals surface area contributed by atoms with Gasteiger partial charge in [-0.1, -0.05) is 20.8 Å². The molecule has 0 aromatic rings. The van der Waals surface area contributed by atoms with Gasteiger partial charge in [-0.15, -0.1) is 0 Å². The van der Waals surface area contributed by atoms with E-state index in [2.05, 4.69) is 25.7 Å². The first-order chi connectivity index (χ1) is 6.80. The maximum atomic E-state index is 9.77. The normalized spacial score (nSPS) is 15.0. The Labute approximate surface area is 94.6 Å². The lowest BCUT2D eigenvalue weighted by molar-refractivity contribution is 0.0307. The minimum atomic E-state index is -0.619. The average molecular weight is 216 g/mol. The number of rotatable bonds is 7. The van der Waals surface area contributed by atoms with Crippen molar-refractivity contribution >= 4 is 0 Å². The zero-order valence-electron chi connectivity index (χ0n) is 11.0. The van der Waals surface area contributed by atoms with Gasteiger partial charge in [0.2, 0.25) is 0 Å². The molecular weight excluding hydrogens is 188 g/mol. The van der Waals surface area contributed by atoms with E-state index in [0.29, 0.717) is 18.4 Å². The van der Waals surface area contributed by atoms with Gasteiger partial charge in [-0.2, -0.15) is 0 Å². The molecule has 0 aliphatic heterocycles. The van der Waals surface area contributed by atoms with Crippen molar-refractivity contribution in [3.8, 4) is 0 Å². The van der Waals surface area contributed by atoms with E-state index in [1.807, 2.05) is 13.8 Å². The minimum absolute atomic E-state index is 0.521. The Hall–Kier alpha value is -0.120. The van der Waals surface area contributed by atoms with Gasteiger partial charge in [0.1, 0.15) is 0 Å². The van der Waals surface area contributed by atoms with Crippen LogP contribution in [0.25, 0.3) is 0 Å². The first-order valence-electron chi connectivity index (χ1n) is 5.95. The Balaban J connectivity index is 4.19. The molecule has 0 aliphatic rings. The molecule has 0 rings (SSSR count). The number of aliphatic hydroxyl groups is 1. The van der Waals surface area contributed by atoms with Gasteiger partial charge in [0.25, 0.3) is 0 Å². The van der Waals surface area contributed by atoms with Crippen molar-refractivity contribution in [2.75, 3.05) is 26.2 Å². The average Bonchev–Trinajstić information content (AvgIpc) is 2.09. The standard InChI is InChI=1S/C12H28N2O/c1-6-14(9-12(4,5)15)8-11(7-13)10(2)3/h10-11,15H,6-9,13H2,1-5H3. The largest absolute Gasteiger partial charge is 0.389 e. The second-order valence-electron chi connectivity index (χ2n) is 5.38. The lowest BCUT2D eigenvalue weighted by atomic mass is 9.95. The van der Waals surface area contributed by atoms with Crippen molar-refractivity contribution in [2.24, 2.45) is 17.6 Å². The molecule has 0 radical (unpaired) electrons. The van der Waals surface area contributed by atoms with Gasteiger partial charge < -0.3 is 15.7 Å². The van der Waals surface area contributed by atoms with Gasteiger partial charge >= 0.3 is 0 Å². The summed E-state index contributed by atoms with van der Waals surface area (Å²) in [6.07, 6.45) is 0. The first-order valence-corrected chi connectivity index (χ1v) is 5.95. The van der Waals surface area contributed by atoms with Crippen molar-refractivity contribution < 1.29 is 5.11 Å². The smallest absolute Gasteiger partial charge is 0.0718 e. The monoisotopic (exact) mass is 216 g/mol. The molecule has 3 heteroatoms. The summed E-state index contributed by atoms with van der Waals surface area (Å²) >= 11 is 0. The Bertz CT molecular complexity index is 163. The highest BCUT2D eigenvalue weighted by molar-refractivity contribution is 4.75. The summed E-state index contributed by atoms with van der Waals surface area (Å²) in [6.45, 7) is 13.6. The number of hydrogen-bond donors (Lipinski definition) is 2. The van der Waals surface area contributed by atoms with Crippen LogP contribution in [-0.4, -0.2) is 41.8 Å². The zero-order valence-corrected chi connectivity index (χ0v) is 11.0. The van der Waals surface area contributed by atoms with Gasteiger partial charge in [0, 0.05) is 13.1 Å². The fraction of sp³-hybridized carbons (Fsp3) is 1.00. The van der Waals surface area contributed by atoms with E-state index in [1.165, 1.54) is 0 Å². The Morgan fingerprint density at radius 2 is 1.87 bits per heavy atom. The van der Waals surface area contributed by atoms with Crippen LogP contribution in [-0.2, 0) is 0 Å². The second kappa shape index (κ2) is 6.46. The highest BCUT2D eigenvalue weighted by Crippen LogP contribution is 2.13. The van der Waals surface area contributed by atoms with E-state index < -0.39 is 5.60 Å². The molecule has 3 nitrogen and oxygen atoms in total.